The van der Waals surface area contributed by atoms with E-state index in [-0.39, 0.29) is 22.5 Å². The lowest BCUT2D eigenvalue weighted by Crippen LogP contribution is -2.15. The largest absolute Gasteiger partial charge is 0.373 e. The fourth-order valence-corrected chi connectivity index (χ4v) is 3.90. The molecule has 2 heterocycles. The van der Waals surface area contributed by atoms with Gasteiger partial charge in [0, 0.05) is 23.4 Å². The van der Waals surface area contributed by atoms with Crippen molar-refractivity contribution in [2.45, 2.75) is 43.4 Å². The van der Waals surface area contributed by atoms with Gasteiger partial charge in [-0.2, -0.15) is 0 Å². The SMILES string of the molecule is CC1CCC(Cn2cc(S(=O)(=O)Cl)c3c(F)cccc32)O1. The maximum absolute atomic E-state index is 14.0. The molecule has 1 aromatic heterocycles. The normalized spacial score (nSPS) is 23.0. The van der Waals surface area contributed by atoms with Crippen molar-refractivity contribution in [3.63, 3.8) is 0 Å². The van der Waals surface area contributed by atoms with Crippen LogP contribution in [-0.2, 0) is 20.3 Å². The van der Waals surface area contributed by atoms with Gasteiger partial charge in [-0.25, -0.2) is 12.8 Å². The number of fused-ring (bicyclic) bond motifs is 1. The molecule has 1 aliphatic rings. The van der Waals surface area contributed by atoms with Crippen molar-refractivity contribution < 1.29 is 17.5 Å². The van der Waals surface area contributed by atoms with Crippen molar-refractivity contribution in [3.05, 3.63) is 30.2 Å². The van der Waals surface area contributed by atoms with Crippen molar-refractivity contribution in [2.75, 3.05) is 0 Å². The second-order valence-corrected chi connectivity index (χ2v) is 7.90. The summed E-state index contributed by atoms with van der Waals surface area (Å²) >= 11 is 0. The zero-order valence-electron chi connectivity index (χ0n) is 11.4. The average Bonchev–Trinajstić information content (AvgIpc) is 2.95. The van der Waals surface area contributed by atoms with Crippen LogP contribution >= 0.6 is 10.7 Å². The molecule has 0 N–H and O–H groups in total. The molecule has 0 saturated carbocycles. The van der Waals surface area contributed by atoms with E-state index in [1.165, 1.54) is 12.3 Å². The second-order valence-electron chi connectivity index (χ2n) is 5.36. The predicted octanol–water partition coefficient (Wildman–Crippen LogP) is 3.28. The molecular weight excluding hydrogens is 317 g/mol. The minimum Gasteiger partial charge on any atom is -0.373 e. The molecule has 114 valence electrons. The first-order valence-corrected chi connectivity index (χ1v) is 9.04. The Kier molecular flexibility index (Phi) is 3.71. The number of halogens is 2. The molecule has 1 aliphatic heterocycles. The van der Waals surface area contributed by atoms with Gasteiger partial charge in [-0.05, 0) is 31.9 Å². The Morgan fingerprint density at radius 3 is 2.81 bits per heavy atom. The topological polar surface area (TPSA) is 48.3 Å². The summed E-state index contributed by atoms with van der Waals surface area (Å²) in [6.07, 6.45) is 3.47. The van der Waals surface area contributed by atoms with Crippen LogP contribution in [0.15, 0.2) is 29.3 Å². The molecule has 4 nitrogen and oxygen atoms in total. The minimum absolute atomic E-state index is 0.00440. The monoisotopic (exact) mass is 331 g/mol. The van der Waals surface area contributed by atoms with Gasteiger partial charge in [-0.3, -0.25) is 0 Å². The number of benzene rings is 1. The zero-order chi connectivity index (χ0) is 15.2. The van der Waals surface area contributed by atoms with Crippen LogP contribution < -0.4 is 0 Å². The summed E-state index contributed by atoms with van der Waals surface area (Å²) in [7, 11) is 1.42. The first-order chi connectivity index (χ1) is 9.86. The fraction of sp³-hybridized carbons (Fsp3) is 0.429. The van der Waals surface area contributed by atoms with Crippen LogP contribution in [0.1, 0.15) is 19.8 Å². The summed E-state index contributed by atoms with van der Waals surface area (Å²) in [5.41, 5.74) is 0.511. The van der Waals surface area contributed by atoms with Crippen molar-refractivity contribution in [1.29, 1.82) is 0 Å². The summed E-state index contributed by atoms with van der Waals surface area (Å²) < 4.78 is 44.8. The minimum atomic E-state index is -4.00. The summed E-state index contributed by atoms with van der Waals surface area (Å²) in [4.78, 5) is -0.191. The van der Waals surface area contributed by atoms with Crippen LogP contribution in [0.5, 0.6) is 0 Å². The number of nitrogens with zero attached hydrogens (tertiary/aromatic N) is 1. The number of hydrogen-bond acceptors (Lipinski definition) is 3. The number of hydrogen-bond donors (Lipinski definition) is 0. The highest BCUT2D eigenvalue weighted by Crippen LogP contribution is 2.31. The molecular formula is C14H15ClFNO3S. The summed E-state index contributed by atoms with van der Waals surface area (Å²) in [5, 5.41) is 0.0403. The van der Waals surface area contributed by atoms with E-state index in [4.69, 9.17) is 15.4 Å². The second kappa shape index (κ2) is 5.26. The average molecular weight is 332 g/mol. The maximum atomic E-state index is 14.0. The Morgan fingerprint density at radius 2 is 2.19 bits per heavy atom. The molecule has 0 amide bonds. The molecule has 2 aromatic rings. The highest BCUT2D eigenvalue weighted by atomic mass is 35.7. The molecule has 1 saturated heterocycles. The van der Waals surface area contributed by atoms with Gasteiger partial charge >= 0.3 is 0 Å². The molecule has 2 unspecified atom stereocenters. The van der Waals surface area contributed by atoms with E-state index in [9.17, 15) is 12.8 Å². The number of rotatable bonds is 3. The van der Waals surface area contributed by atoms with Gasteiger partial charge in [0.1, 0.15) is 10.7 Å². The molecule has 0 aliphatic carbocycles. The van der Waals surface area contributed by atoms with Gasteiger partial charge in [0.25, 0.3) is 9.05 Å². The predicted molar refractivity (Wildman–Crippen MR) is 78.5 cm³/mol. The Morgan fingerprint density at radius 1 is 1.43 bits per heavy atom. The lowest BCUT2D eigenvalue weighted by atomic mass is 10.2. The van der Waals surface area contributed by atoms with Crippen LogP contribution in [0.2, 0.25) is 0 Å². The van der Waals surface area contributed by atoms with E-state index >= 15 is 0 Å². The molecule has 0 bridgehead atoms. The van der Waals surface area contributed by atoms with Crippen molar-refractivity contribution in [3.8, 4) is 0 Å². The lowest BCUT2D eigenvalue weighted by molar-refractivity contribution is 0.0464. The van der Waals surface area contributed by atoms with Crippen LogP contribution in [0, 0.1) is 5.82 Å². The highest BCUT2D eigenvalue weighted by Gasteiger charge is 2.26. The molecule has 1 fully saturated rings. The maximum Gasteiger partial charge on any atom is 0.263 e. The first-order valence-electron chi connectivity index (χ1n) is 6.73. The number of ether oxygens (including phenoxy) is 1. The van der Waals surface area contributed by atoms with Gasteiger partial charge in [0.05, 0.1) is 23.1 Å². The molecule has 7 heteroatoms. The van der Waals surface area contributed by atoms with Crippen LogP contribution in [-0.4, -0.2) is 25.2 Å². The van der Waals surface area contributed by atoms with E-state index in [2.05, 4.69) is 0 Å². The van der Waals surface area contributed by atoms with Crippen LogP contribution in [0.3, 0.4) is 0 Å². The van der Waals surface area contributed by atoms with Gasteiger partial charge < -0.3 is 9.30 Å². The Bertz CT molecular complexity index is 787. The van der Waals surface area contributed by atoms with Gasteiger partial charge in [-0.1, -0.05) is 6.07 Å². The van der Waals surface area contributed by atoms with Crippen LogP contribution in [0.25, 0.3) is 10.9 Å². The Labute approximate surface area is 126 Å². The molecule has 3 rings (SSSR count). The Balaban J connectivity index is 2.09. The van der Waals surface area contributed by atoms with Gasteiger partial charge in [0.15, 0.2) is 0 Å². The first kappa shape index (κ1) is 14.8. The third-order valence-electron chi connectivity index (χ3n) is 3.80. The number of aromatic nitrogens is 1. The lowest BCUT2D eigenvalue weighted by Gasteiger charge is -2.13. The van der Waals surface area contributed by atoms with E-state index in [1.54, 1.807) is 16.7 Å². The summed E-state index contributed by atoms with van der Waals surface area (Å²) in [6, 6.07) is 4.46. The third-order valence-corrected chi connectivity index (χ3v) is 5.14. The molecule has 0 spiro atoms. The smallest absolute Gasteiger partial charge is 0.263 e. The quantitative estimate of drug-likeness (QED) is 0.811. The van der Waals surface area contributed by atoms with E-state index in [1.807, 2.05) is 6.92 Å². The van der Waals surface area contributed by atoms with E-state index in [0.717, 1.165) is 12.8 Å². The fourth-order valence-electron chi connectivity index (χ4n) is 2.85. The molecule has 21 heavy (non-hydrogen) atoms. The van der Waals surface area contributed by atoms with Gasteiger partial charge in [-0.15, -0.1) is 0 Å². The summed E-state index contributed by atoms with van der Waals surface area (Å²) in [5.74, 6) is -0.591. The van der Waals surface area contributed by atoms with Crippen molar-refractivity contribution >= 4 is 30.6 Å². The van der Waals surface area contributed by atoms with E-state index < -0.39 is 14.9 Å². The van der Waals surface area contributed by atoms with Crippen molar-refractivity contribution in [2.24, 2.45) is 0 Å². The standard InChI is InChI=1S/C14H15ClFNO3S/c1-9-5-6-10(20-9)7-17-8-13(21(15,18)19)14-11(16)3-2-4-12(14)17/h2-4,8-10H,5-7H2,1H3. The zero-order valence-corrected chi connectivity index (χ0v) is 13.0. The molecule has 2 atom stereocenters. The van der Waals surface area contributed by atoms with E-state index in [0.29, 0.717) is 12.1 Å². The summed E-state index contributed by atoms with van der Waals surface area (Å²) in [6.45, 7) is 2.48. The third kappa shape index (κ3) is 2.80. The molecule has 1 aromatic carbocycles. The Hall–Kier alpha value is -1.11. The highest BCUT2D eigenvalue weighted by molar-refractivity contribution is 8.14. The van der Waals surface area contributed by atoms with Crippen molar-refractivity contribution in [1.82, 2.24) is 4.57 Å². The molecule has 0 radical (unpaired) electrons. The van der Waals surface area contributed by atoms with Gasteiger partial charge in [0.2, 0.25) is 0 Å². The van der Waals surface area contributed by atoms with Crippen LogP contribution in [0.4, 0.5) is 4.39 Å².